The Kier molecular flexibility index (Phi) is 8.74. The Hall–Kier alpha value is -3.49. The lowest BCUT2D eigenvalue weighted by atomic mass is 10.1. The summed E-state index contributed by atoms with van der Waals surface area (Å²) < 4.78 is 1.96. The van der Waals surface area contributed by atoms with Crippen LogP contribution in [0.5, 0.6) is 0 Å². The molecule has 0 atom stereocenters. The minimum Gasteiger partial charge on any atom is -0.550 e. The normalized spacial score (nSPS) is 14.6. The molecule has 0 bridgehead atoms. The number of hydrogen-bond acceptors (Lipinski definition) is 6. The molecule has 37 heavy (non-hydrogen) atoms. The number of benzene rings is 2. The lowest BCUT2D eigenvalue weighted by molar-refractivity contribution is -0.670. The van der Waals surface area contributed by atoms with Gasteiger partial charge in [0.2, 0.25) is 5.52 Å². The molecule has 8 heteroatoms. The van der Waals surface area contributed by atoms with E-state index in [1.807, 2.05) is 83.5 Å². The molecule has 2 heterocycles. The molecule has 0 radical (unpaired) electrons. The monoisotopic (exact) mass is 532 g/mol. The number of aromatic nitrogens is 1. The number of carboxylic acids is 2. The molecule has 0 spiro atoms. The summed E-state index contributed by atoms with van der Waals surface area (Å²) in [5, 5.41) is 22.2. The van der Waals surface area contributed by atoms with Crippen molar-refractivity contribution in [2.45, 2.75) is 36.1 Å². The summed E-state index contributed by atoms with van der Waals surface area (Å²) in [6, 6.07) is 16.2. The number of thioether (sulfide) groups is 2. The van der Waals surface area contributed by atoms with Crippen LogP contribution in [-0.4, -0.2) is 29.8 Å². The molecule has 0 unspecified atom stereocenters. The van der Waals surface area contributed by atoms with Crippen LogP contribution in [0.4, 0.5) is 5.69 Å². The van der Waals surface area contributed by atoms with Gasteiger partial charge < -0.3 is 19.9 Å². The fraction of sp³-hybridized carbons (Fsp3) is 0.207. The first kappa shape index (κ1) is 26.6. The van der Waals surface area contributed by atoms with Crippen LogP contribution in [-0.2, 0) is 16.1 Å². The molecule has 3 aromatic rings. The van der Waals surface area contributed by atoms with Crippen molar-refractivity contribution in [1.82, 2.24) is 0 Å². The van der Waals surface area contributed by atoms with E-state index in [9.17, 15) is 14.7 Å². The van der Waals surface area contributed by atoms with Crippen LogP contribution in [0.15, 0.2) is 93.3 Å². The number of nitrogens with zero attached hydrogens (tertiary/aromatic N) is 2. The van der Waals surface area contributed by atoms with Crippen molar-refractivity contribution in [3.05, 3.63) is 89.1 Å². The molecule has 0 amide bonds. The fourth-order valence-electron chi connectivity index (χ4n) is 4.11. The summed E-state index contributed by atoms with van der Waals surface area (Å²) in [7, 11) is 0. The smallest absolute Gasteiger partial charge is 0.309 e. The topological polar surface area (TPSA) is 84.5 Å². The van der Waals surface area contributed by atoms with Gasteiger partial charge in [-0.2, -0.15) is 4.57 Å². The van der Waals surface area contributed by atoms with Crippen molar-refractivity contribution in [3.8, 4) is 0 Å². The number of carboxylic acid groups (broad SMARTS) is 2. The fourth-order valence-corrected chi connectivity index (χ4v) is 5.76. The molecule has 2 aromatic carbocycles. The lowest BCUT2D eigenvalue weighted by Crippen LogP contribution is -2.35. The second kappa shape index (κ2) is 12.2. The van der Waals surface area contributed by atoms with Crippen LogP contribution in [0.3, 0.4) is 0 Å². The summed E-state index contributed by atoms with van der Waals surface area (Å²) in [5.41, 5.74) is 4.09. The molecule has 6 nitrogen and oxygen atoms in total. The van der Waals surface area contributed by atoms with E-state index < -0.39 is 11.9 Å². The van der Waals surface area contributed by atoms with Gasteiger partial charge in [-0.25, -0.2) is 0 Å². The molecule has 1 aromatic heterocycles. The first-order valence-electron chi connectivity index (χ1n) is 11.9. The van der Waals surface area contributed by atoms with Gasteiger partial charge in [0.05, 0.1) is 16.1 Å². The average Bonchev–Trinajstić information content (AvgIpc) is 3.24. The maximum absolute atomic E-state index is 11.1. The van der Waals surface area contributed by atoms with Crippen LogP contribution in [0.1, 0.15) is 25.3 Å². The van der Waals surface area contributed by atoms with Gasteiger partial charge in [-0.3, -0.25) is 4.79 Å². The Morgan fingerprint density at radius 1 is 1.16 bits per heavy atom. The number of aliphatic carboxylic acids is 2. The van der Waals surface area contributed by atoms with Gasteiger partial charge in [0.1, 0.15) is 6.42 Å². The molecule has 1 aliphatic rings. The number of carbonyl (C=O) groups is 2. The average molecular weight is 533 g/mol. The van der Waals surface area contributed by atoms with E-state index in [2.05, 4.69) is 18.2 Å². The first-order chi connectivity index (χ1) is 17.9. The Bertz CT molecular complexity index is 1430. The van der Waals surface area contributed by atoms with Crippen LogP contribution in [0.25, 0.3) is 17.0 Å². The van der Waals surface area contributed by atoms with Crippen LogP contribution >= 0.6 is 23.5 Å². The highest BCUT2D eigenvalue weighted by atomic mass is 32.2. The number of hydrogen-bond donors (Lipinski definition) is 1. The second-order valence-electron chi connectivity index (χ2n) is 8.58. The van der Waals surface area contributed by atoms with Crippen LogP contribution in [0.2, 0.25) is 0 Å². The van der Waals surface area contributed by atoms with Crippen molar-refractivity contribution in [1.29, 1.82) is 0 Å². The van der Waals surface area contributed by atoms with Gasteiger partial charge >= 0.3 is 5.97 Å². The number of carbonyl (C=O) groups excluding carboxylic acids is 1. The van der Waals surface area contributed by atoms with Crippen molar-refractivity contribution in [2.75, 3.05) is 17.7 Å². The molecule has 1 N–H and O–H groups in total. The number of rotatable bonds is 10. The van der Waals surface area contributed by atoms with Gasteiger partial charge in [0.15, 0.2) is 12.7 Å². The van der Waals surface area contributed by atoms with E-state index in [1.54, 1.807) is 23.5 Å². The maximum atomic E-state index is 11.1. The third kappa shape index (κ3) is 6.64. The summed E-state index contributed by atoms with van der Waals surface area (Å²) in [5.74, 6) is -1.88. The number of pyridine rings is 1. The summed E-state index contributed by atoms with van der Waals surface area (Å²) >= 11 is 3.32. The molecule has 1 aliphatic heterocycles. The van der Waals surface area contributed by atoms with Gasteiger partial charge in [0, 0.05) is 40.9 Å². The van der Waals surface area contributed by atoms with Crippen LogP contribution < -0.4 is 14.6 Å². The number of anilines is 1. The predicted molar refractivity (Wildman–Crippen MR) is 148 cm³/mol. The number of aryl methyl sites for hydroxylation is 1. The Labute approximate surface area is 225 Å². The van der Waals surface area contributed by atoms with Crippen molar-refractivity contribution < 1.29 is 24.4 Å². The van der Waals surface area contributed by atoms with E-state index in [4.69, 9.17) is 5.11 Å². The third-order valence-corrected chi connectivity index (χ3v) is 7.86. The van der Waals surface area contributed by atoms with Crippen molar-refractivity contribution in [3.63, 3.8) is 0 Å². The lowest BCUT2D eigenvalue weighted by Gasteiger charge is -2.20. The zero-order chi connectivity index (χ0) is 26.4. The molecule has 0 saturated carbocycles. The highest BCUT2D eigenvalue weighted by molar-refractivity contribution is 8.03. The van der Waals surface area contributed by atoms with E-state index in [0.717, 1.165) is 37.7 Å². The van der Waals surface area contributed by atoms with Crippen LogP contribution in [0, 0.1) is 0 Å². The summed E-state index contributed by atoms with van der Waals surface area (Å²) in [6.07, 6.45) is 12.2. The Morgan fingerprint density at radius 2 is 1.97 bits per heavy atom. The zero-order valence-corrected chi connectivity index (χ0v) is 22.3. The van der Waals surface area contributed by atoms with E-state index in [0.29, 0.717) is 13.1 Å². The molecule has 0 fully saturated rings. The van der Waals surface area contributed by atoms with Gasteiger partial charge in [-0.15, -0.1) is 11.8 Å². The zero-order valence-electron chi connectivity index (χ0n) is 20.7. The largest absolute Gasteiger partial charge is 0.550 e. The van der Waals surface area contributed by atoms with E-state index >= 15 is 0 Å². The van der Waals surface area contributed by atoms with Crippen molar-refractivity contribution >= 4 is 58.1 Å². The Balaban J connectivity index is 1.57. The van der Waals surface area contributed by atoms with Gasteiger partial charge in [0.25, 0.3) is 0 Å². The molecule has 0 aliphatic carbocycles. The standard InChI is InChI=1S/C29H28N2O4S2/c1-20(7-9-21-13-16-30(17-14-28(32)33)24-6-4-3-5-23(21)24)8-12-27-31(18-15-29(34)35)25-11-10-22(36-2)19-26(25)37-27/h3-13,16,19H,14-15,17-18H2,1-2H3,(H-,32,33,34,35). The van der Waals surface area contributed by atoms with Gasteiger partial charge in [-0.05, 0) is 49.1 Å². The molecular formula is C29H28N2O4S2. The molecule has 190 valence electrons. The third-order valence-electron chi connectivity index (χ3n) is 6.02. The summed E-state index contributed by atoms with van der Waals surface area (Å²) in [6.45, 7) is 2.79. The quantitative estimate of drug-likeness (QED) is 0.226. The van der Waals surface area contributed by atoms with E-state index in [1.165, 1.54) is 4.90 Å². The minimum absolute atomic E-state index is 0.0439. The number of para-hydroxylation sites is 1. The molecule has 4 rings (SSSR count). The second-order valence-corrected chi connectivity index (χ2v) is 10.5. The SMILES string of the molecule is CSc1ccc2c(c1)S\C(=C/C=C(C)/C=C/c1cc[n+](CCC(=O)O)c3ccccc13)N2CCC(=O)[O-]. The first-order valence-corrected chi connectivity index (χ1v) is 13.9. The predicted octanol–water partition coefficient (Wildman–Crippen LogP) is 4.88. The number of fused-ring (bicyclic) bond motifs is 2. The highest BCUT2D eigenvalue weighted by Crippen LogP contribution is 2.47. The molecule has 0 saturated heterocycles. The van der Waals surface area contributed by atoms with Gasteiger partial charge in [-0.1, -0.05) is 47.7 Å². The van der Waals surface area contributed by atoms with Crippen molar-refractivity contribution in [2.24, 2.45) is 0 Å². The number of allylic oxidation sites excluding steroid dienone is 4. The Morgan fingerprint density at radius 3 is 2.73 bits per heavy atom. The maximum Gasteiger partial charge on any atom is 0.309 e. The molecular weight excluding hydrogens is 504 g/mol. The highest BCUT2D eigenvalue weighted by Gasteiger charge is 2.24. The summed E-state index contributed by atoms with van der Waals surface area (Å²) in [4.78, 5) is 26.5. The minimum atomic E-state index is -1.06. The van der Waals surface area contributed by atoms with E-state index in [-0.39, 0.29) is 12.8 Å².